The van der Waals surface area contributed by atoms with Gasteiger partial charge in [0.15, 0.2) is 5.13 Å². The van der Waals surface area contributed by atoms with E-state index in [1.165, 1.54) is 11.3 Å². The minimum atomic E-state index is -0.937. The summed E-state index contributed by atoms with van der Waals surface area (Å²) < 4.78 is 11.5. The molecule has 1 aromatic rings. The molecular weight excluding hydrogens is 435 g/mol. The zero-order valence-corrected chi connectivity index (χ0v) is 20.2. The molecule has 2 heterocycles. The number of hydrogen-bond acceptors (Lipinski definition) is 7. The number of aromatic nitrogens is 1. The van der Waals surface area contributed by atoms with Gasteiger partial charge in [0, 0.05) is 43.5 Å². The third-order valence-corrected chi connectivity index (χ3v) is 6.69. The molecule has 1 aromatic heterocycles. The summed E-state index contributed by atoms with van der Waals surface area (Å²) in [5.41, 5.74) is 6.06. The molecule has 2 fully saturated rings. The molecule has 2 aliphatic rings. The van der Waals surface area contributed by atoms with Crippen LogP contribution in [0.4, 0.5) is 5.13 Å². The minimum absolute atomic E-state index is 0. The molecule has 4 atom stereocenters. The molecule has 3 rings (SSSR count). The summed E-state index contributed by atoms with van der Waals surface area (Å²) in [6.45, 7) is 13.3. The summed E-state index contributed by atoms with van der Waals surface area (Å²) in [5, 5.41) is 5.52. The van der Waals surface area contributed by atoms with Crippen LogP contribution >= 0.6 is 36.2 Å². The largest absolute Gasteiger partial charge is 0.378 e. The Labute approximate surface area is 189 Å². The van der Waals surface area contributed by atoms with Gasteiger partial charge in [0.05, 0.1) is 24.0 Å². The Morgan fingerprint density at radius 2 is 2.00 bits per heavy atom. The predicted octanol–water partition coefficient (Wildman–Crippen LogP) is 3.07. The highest BCUT2D eigenvalue weighted by atomic mass is 35.5. The van der Waals surface area contributed by atoms with E-state index in [1.54, 1.807) is 0 Å². The first kappa shape index (κ1) is 26.6. The fourth-order valence-corrected chi connectivity index (χ4v) is 4.81. The highest BCUT2D eigenvalue weighted by Crippen LogP contribution is 2.50. The maximum Gasteiger partial charge on any atom is 0.246 e. The molecule has 1 saturated heterocycles. The number of morpholine rings is 1. The van der Waals surface area contributed by atoms with Gasteiger partial charge in [0.2, 0.25) is 5.91 Å². The number of nitrogens with zero attached hydrogens (tertiary/aromatic N) is 2. The molecule has 1 aliphatic carbocycles. The number of ether oxygens (including phenoxy) is 2. The fraction of sp³-hybridized carbons (Fsp3) is 0.789. The van der Waals surface area contributed by atoms with E-state index >= 15 is 0 Å². The van der Waals surface area contributed by atoms with E-state index in [1.807, 2.05) is 26.2 Å². The Bertz CT molecular complexity index is 680. The van der Waals surface area contributed by atoms with Crippen LogP contribution in [0.2, 0.25) is 0 Å². The molecule has 1 saturated carbocycles. The van der Waals surface area contributed by atoms with Crippen molar-refractivity contribution in [2.45, 2.75) is 71.4 Å². The Hall–Kier alpha value is -0.480. The first-order chi connectivity index (χ1) is 12.7. The van der Waals surface area contributed by atoms with Crippen LogP contribution in [0, 0.1) is 5.41 Å². The van der Waals surface area contributed by atoms with Crippen LogP contribution in [0.5, 0.6) is 0 Å². The topological polar surface area (TPSA) is 89.7 Å². The van der Waals surface area contributed by atoms with Gasteiger partial charge < -0.3 is 20.5 Å². The summed E-state index contributed by atoms with van der Waals surface area (Å²) in [5.74, 6) is -0.182. The lowest BCUT2D eigenvalue weighted by molar-refractivity contribution is -0.166. The number of carbonyl (C=O) groups excluding carboxylic acids is 1. The zero-order chi connectivity index (χ0) is 19.8. The van der Waals surface area contributed by atoms with Gasteiger partial charge in [-0.2, -0.15) is 0 Å². The normalized spacial score (nSPS) is 31.2. The lowest BCUT2D eigenvalue weighted by Crippen LogP contribution is -2.74. The summed E-state index contributed by atoms with van der Waals surface area (Å²) in [7, 11) is 0. The van der Waals surface area contributed by atoms with Crippen LogP contribution in [-0.2, 0) is 20.8 Å². The number of nitrogens with two attached hydrogens (primary N) is 1. The molecule has 1 amide bonds. The molecule has 0 bridgehead atoms. The van der Waals surface area contributed by atoms with Crippen molar-refractivity contribution in [3.8, 4) is 0 Å². The second-order valence-electron chi connectivity index (χ2n) is 8.39. The van der Waals surface area contributed by atoms with Crippen molar-refractivity contribution in [3.63, 3.8) is 0 Å². The molecule has 29 heavy (non-hydrogen) atoms. The van der Waals surface area contributed by atoms with Crippen LogP contribution in [0.25, 0.3) is 0 Å². The Morgan fingerprint density at radius 1 is 1.38 bits per heavy atom. The first-order valence-electron chi connectivity index (χ1n) is 9.70. The number of hydrogen-bond donors (Lipinski definition) is 2. The summed E-state index contributed by atoms with van der Waals surface area (Å²) in [6, 6.07) is 0. The summed E-state index contributed by atoms with van der Waals surface area (Å²) in [6.07, 6.45) is 0.988. The number of thiazole rings is 1. The molecule has 0 aromatic carbocycles. The molecule has 10 heteroatoms. The second kappa shape index (κ2) is 10.2. The Morgan fingerprint density at radius 3 is 2.55 bits per heavy atom. The average molecular weight is 469 g/mol. The van der Waals surface area contributed by atoms with E-state index in [0.717, 1.165) is 25.3 Å². The molecule has 1 aliphatic heterocycles. The van der Waals surface area contributed by atoms with Gasteiger partial charge in [-0.1, -0.05) is 13.8 Å². The quantitative estimate of drug-likeness (QED) is 0.666. The Kier molecular flexibility index (Phi) is 9.36. The molecule has 7 nitrogen and oxygen atoms in total. The Balaban J connectivity index is 0.00000210. The smallest absolute Gasteiger partial charge is 0.246 e. The number of nitrogens with one attached hydrogen (secondary N) is 1. The van der Waals surface area contributed by atoms with Crippen molar-refractivity contribution in [1.82, 2.24) is 9.88 Å². The van der Waals surface area contributed by atoms with Gasteiger partial charge in [-0.05, 0) is 20.8 Å². The van der Waals surface area contributed by atoms with Crippen molar-refractivity contribution in [1.29, 1.82) is 0 Å². The van der Waals surface area contributed by atoms with Gasteiger partial charge in [-0.3, -0.25) is 9.69 Å². The number of halogens is 2. The standard InChI is InChI=1S/C19H32N4O3S.2ClH/c1-6-25-15-7-19(20,18(15,4)5)16(24)22-17-21-14(11-27-17)10-23-8-12(2)26-13(3)9-23;;/h11-13,15H,6-10,20H2,1-5H3,(H,21,22,24);2*1H. The van der Waals surface area contributed by atoms with Crippen LogP contribution in [-0.4, -0.2) is 59.3 Å². The zero-order valence-electron chi connectivity index (χ0n) is 17.8. The van der Waals surface area contributed by atoms with Crippen molar-refractivity contribution in [2.24, 2.45) is 11.1 Å². The predicted molar refractivity (Wildman–Crippen MR) is 121 cm³/mol. The molecule has 3 N–H and O–H groups in total. The lowest BCUT2D eigenvalue weighted by Gasteiger charge is -2.57. The maximum atomic E-state index is 12.8. The summed E-state index contributed by atoms with van der Waals surface area (Å²) in [4.78, 5) is 19.7. The van der Waals surface area contributed by atoms with Gasteiger partial charge in [0.1, 0.15) is 5.54 Å². The van der Waals surface area contributed by atoms with Crippen LogP contribution in [0.15, 0.2) is 5.38 Å². The van der Waals surface area contributed by atoms with E-state index in [2.05, 4.69) is 29.0 Å². The first-order valence-corrected chi connectivity index (χ1v) is 10.6. The number of rotatable bonds is 6. The number of carbonyl (C=O) groups is 1. The second-order valence-corrected chi connectivity index (χ2v) is 9.25. The highest BCUT2D eigenvalue weighted by Gasteiger charge is 2.63. The van der Waals surface area contributed by atoms with Gasteiger partial charge in [-0.25, -0.2) is 4.98 Å². The highest BCUT2D eigenvalue weighted by molar-refractivity contribution is 7.13. The van der Waals surface area contributed by atoms with Crippen molar-refractivity contribution >= 4 is 47.2 Å². The van der Waals surface area contributed by atoms with Crippen molar-refractivity contribution in [2.75, 3.05) is 25.0 Å². The van der Waals surface area contributed by atoms with Gasteiger partial charge in [0.25, 0.3) is 0 Å². The molecule has 4 unspecified atom stereocenters. The van der Waals surface area contributed by atoms with Crippen LogP contribution in [0.3, 0.4) is 0 Å². The third-order valence-electron chi connectivity index (χ3n) is 5.89. The summed E-state index contributed by atoms with van der Waals surface area (Å²) >= 11 is 1.44. The molecular formula is C19H34Cl2N4O3S. The maximum absolute atomic E-state index is 12.8. The molecule has 168 valence electrons. The van der Waals surface area contributed by atoms with E-state index < -0.39 is 11.0 Å². The SMILES string of the molecule is CCOC1CC(N)(C(=O)Nc2nc(CN3CC(C)OC(C)C3)cs2)C1(C)C.Cl.Cl. The molecule has 0 spiro atoms. The monoisotopic (exact) mass is 468 g/mol. The van der Waals surface area contributed by atoms with Crippen LogP contribution < -0.4 is 11.1 Å². The van der Waals surface area contributed by atoms with E-state index in [4.69, 9.17) is 15.2 Å². The van der Waals surface area contributed by atoms with E-state index in [0.29, 0.717) is 18.2 Å². The van der Waals surface area contributed by atoms with Crippen LogP contribution in [0.1, 0.15) is 46.7 Å². The number of amides is 1. The minimum Gasteiger partial charge on any atom is -0.378 e. The lowest BCUT2D eigenvalue weighted by atomic mass is 9.54. The fourth-order valence-electron chi connectivity index (χ4n) is 4.11. The molecule has 0 radical (unpaired) electrons. The third kappa shape index (κ3) is 5.42. The average Bonchev–Trinajstić information content (AvgIpc) is 3.00. The van der Waals surface area contributed by atoms with Gasteiger partial charge in [-0.15, -0.1) is 36.2 Å². The van der Waals surface area contributed by atoms with Gasteiger partial charge >= 0.3 is 0 Å². The van der Waals surface area contributed by atoms with Crippen molar-refractivity contribution < 1.29 is 14.3 Å². The van der Waals surface area contributed by atoms with E-state index in [9.17, 15) is 4.79 Å². The number of anilines is 1. The van der Waals surface area contributed by atoms with E-state index in [-0.39, 0.29) is 49.0 Å². The van der Waals surface area contributed by atoms with Crippen molar-refractivity contribution in [3.05, 3.63) is 11.1 Å².